The van der Waals surface area contributed by atoms with Gasteiger partial charge in [-0.2, -0.15) is 13.2 Å². The first-order chi connectivity index (χ1) is 15.0. The fourth-order valence-electron chi connectivity index (χ4n) is 3.47. The van der Waals surface area contributed by atoms with Crippen LogP contribution < -0.4 is 14.2 Å². The van der Waals surface area contributed by atoms with Gasteiger partial charge < -0.3 is 9.47 Å². The molecule has 0 saturated heterocycles. The lowest BCUT2D eigenvalue weighted by atomic mass is 9.93. The second-order valence-corrected chi connectivity index (χ2v) is 10.3. The average molecular weight is 473 g/mol. The Morgan fingerprint density at radius 3 is 2.50 bits per heavy atom. The van der Waals surface area contributed by atoms with E-state index in [-0.39, 0.29) is 17.9 Å². The number of alkyl halides is 3. The van der Waals surface area contributed by atoms with Crippen molar-refractivity contribution in [2.45, 2.75) is 63.1 Å². The van der Waals surface area contributed by atoms with Gasteiger partial charge in [0.1, 0.15) is 17.6 Å². The van der Waals surface area contributed by atoms with E-state index >= 15 is 0 Å². The summed E-state index contributed by atoms with van der Waals surface area (Å²) < 4.78 is 75.9. The molecule has 1 fully saturated rings. The Balaban J connectivity index is 1.72. The molecule has 176 valence electrons. The molecule has 1 saturated carbocycles. The Morgan fingerprint density at radius 2 is 1.84 bits per heavy atom. The maximum Gasteiger partial charge on any atom is 0.422 e. The first-order valence-corrected chi connectivity index (χ1v) is 12.0. The zero-order valence-electron chi connectivity index (χ0n) is 17.9. The summed E-state index contributed by atoms with van der Waals surface area (Å²) in [7, 11) is -3.43. The number of nitrogens with zero attached hydrogens (tertiary/aromatic N) is 1. The normalized spacial score (nSPS) is 19.7. The number of hydrogen-bond acceptors (Lipinski definition) is 5. The zero-order valence-corrected chi connectivity index (χ0v) is 18.7. The van der Waals surface area contributed by atoms with Gasteiger partial charge in [0.05, 0.1) is 23.2 Å². The highest BCUT2D eigenvalue weighted by atomic mass is 32.2. The van der Waals surface area contributed by atoms with E-state index < -0.39 is 28.1 Å². The summed E-state index contributed by atoms with van der Waals surface area (Å²) in [5.41, 5.74) is 0.874. The number of ether oxygens (including phenoxy) is 2. The molecule has 1 aliphatic rings. The number of pyridine rings is 1. The molecule has 3 rings (SSSR count). The Kier molecular flexibility index (Phi) is 7.66. The van der Waals surface area contributed by atoms with Crippen LogP contribution in [0.4, 0.5) is 13.2 Å². The van der Waals surface area contributed by atoms with Gasteiger partial charge in [0.15, 0.2) is 6.61 Å². The van der Waals surface area contributed by atoms with Crippen molar-refractivity contribution in [1.29, 1.82) is 0 Å². The third-order valence-corrected chi connectivity index (χ3v) is 7.09. The van der Waals surface area contributed by atoms with Crippen molar-refractivity contribution >= 4 is 10.0 Å². The second-order valence-electron chi connectivity index (χ2n) is 8.04. The van der Waals surface area contributed by atoms with Crippen LogP contribution in [0.25, 0.3) is 11.3 Å². The Labute approximate surface area is 186 Å². The molecule has 0 amide bonds. The fraction of sp³-hybridized carbons (Fsp3) is 0.500. The van der Waals surface area contributed by atoms with Crippen molar-refractivity contribution in [1.82, 2.24) is 9.71 Å². The monoisotopic (exact) mass is 472 g/mol. The van der Waals surface area contributed by atoms with E-state index in [4.69, 9.17) is 9.47 Å². The van der Waals surface area contributed by atoms with Crippen LogP contribution in [-0.4, -0.2) is 43.6 Å². The summed E-state index contributed by atoms with van der Waals surface area (Å²) in [5, 5.41) is -0.536. The molecule has 1 heterocycles. The lowest BCUT2D eigenvalue weighted by molar-refractivity contribution is -0.153. The first kappa shape index (κ1) is 24.3. The van der Waals surface area contributed by atoms with Crippen LogP contribution in [0.15, 0.2) is 42.6 Å². The molecule has 0 unspecified atom stereocenters. The lowest BCUT2D eigenvalue weighted by Crippen LogP contribution is -2.49. The molecule has 32 heavy (non-hydrogen) atoms. The van der Waals surface area contributed by atoms with E-state index in [0.29, 0.717) is 29.8 Å². The third-order valence-electron chi connectivity index (χ3n) is 5.22. The van der Waals surface area contributed by atoms with E-state index in [1.165, 1.54) is 12.3 Å². The average Bonchev–Trinajstić information content (AvgIpc) is 2.74. The minimum atomic E-state index is -4.44. The van der Waals surface area contributed by atoms with E-state index in [9.17, 15) is 21.6 Å². The predicted molar refractivity (Wildman–Crippen MR) is 115 cm³/mol. The molecule has 2 atom stereocenters. The van der Waals surface area contributed by atoms with Crippen molar-refractivity contribution in [3.05, 3.63) is 42.6 Å². The maximum atomic E-state index is 12.5. The smallest absolute Gasteiger partial charge is 0.422 e. The highest BCUT2D eigenvalue weighted by molar-refractivity contribution is 7.90. The molecule has 1 N–H and O–H groups in total. The standard InChI is InChI=1S/C22H27F3N2O4S/c1-15(2)32(28,29)27-19-8-4-6-10-21(19)31-16-11-12-18(26-13-16)17-7-3-5-9-20(17)30-14-22(23,24)25/h3,5,7,9,11-13,15,19,21,27H,4,6,8,10,14H2,1-2H3/t19-,21+/m0/s1. The molecule has 6 nitrogen and oxygen atoms in total. The van der Waals surface area contributed by atoms with Crippen LogP contribution in [0.1, 0.15) is 39.5 Å². The van der Waals surface area contributed by atoms with Crippen molar-refractivity contribution in [3.8, 4) is 22.8 Å². The van der Waals surface area contributed by atoms with Crippen molar-refractivity contribution < 1.29 is 31.1 Å². The van der Waals surface area contributed by atoms with Crippen molar-refractivity contribution in [2.24, 2.45) is 0 Å². The van der Waals surface area contributed by atoms with Gasteiger partial charge in [0, 0.05) is 5.56 Å². The number of nitrogens with one attached hydrogen (secondary N) is 1. The highest BCUT2D eigenvalue weighted by Gasteiger charge is 2.32. The minimum Gasteiger partial charge on any atom is -0.487 e. The Bertz CT molecular complexity index is 995. The van der Waals surface area contributed by atoms with E-state index in [1.54, 1.807) is 44.2 Å². The van der Waals surface area contributed by atoms with E-state index in [1.807, 2.05) is 0 Å². The molecule has 0 spiro atoms. The van der Waals surface area contributed by atoms with Gasteiger partial charge in [-0.25, -0.2) is 13.1 Å². The molecule has 0 bridgehead atoms. The van der Waals surface area contributed by atoms with Gasteiger partial charge in [-0.1, -0.05) is 18.6 Å². The van der Waals surface area contributed by atoms with Crippen molar-refractivity contribution in [2.75, 3.05) is 6.61 Å². The molecular formula is C22H27F3N2O4S. The van der Waals surface area contributed by atoms with Gasteiger partial charge >= 0.3 is 6.18 Å². The zero-order chi connectivity index (χ0) is 23.4. The van der Waals surface area contributed by atoms with Crippen LogP contribution in [-0.2, 0) is 10.0 Å². The first-order valence-electron chi connectivity index (χ1n) is 10.5. The van der Waals surface area contributed by atoms with Crippen molar-refractivity contribution in [3.63, 3.8) is 0 Å². The Morgan fingerprint density at radius 1 is 1.12 bits per heavy atom. The number of sulfonamides is 1. The Hall–Kier alpha value is -2.33. The third kappa shape index (κ3) is 6.59. The molecule has 2 aromatic rings. The van der Waals surface area contributed by atoms with E-state index in [0.717, 1.165) is 12.8 Å². The number of halogens is 3. The molecular weight excluding hydrogens is 445 g/mol. The molecule has 10 heteroatoms. The van der Waals surface area contributed by atoms with Gasteiger partial charge in [0.25, 0.3) is 0 Å². The molecule has 1 aliphatic carbocycles. The van der Waals surface area contributed by atoms with Crippen LogP contribution >= 0.6 is 0 Å². The number of hydrogen-bond donors (Lipinski definition) is 1. The van der Waals surface area contributed by atoms with E-state index in [2.05, 4.69) is 9.71 Å². The summed E-state index contributed by atoms with van der Waals surface area (Å²) in [6, 6.07) is 9.36. The highest BCUT2D eigenvalue weighted by Crippen LogP contribution is 2.31. The van der Waals surface area contributed by atoms with Crippen LogP contribution in [0.3, 0.4) is 0 Å². The summed E-state index contributed by atoms with van der Waals surface area (Å²) in [6.45, 7) is 1.86. The molecule has 0 radical (unpaired) electrons. The summed E-state index contributed by atoms with van der Waals surface area (Å²) >= 11 is 0. The van der Waals surface area contributed by atoms with Crippen LogP contribution in [0.5, 0.6) is 11.5 Å². The summed E-state index contributed by atoms with van der Waals surface area (Å²) in [4.78, 5) is 4.32. The quantitative estimate of drug-likeness (QED) is 0.602. The SMILES string of the molecule is CC(C)S(=O)(=O)N[C@H]1CCCC[C@H]1Oc1ccc(-c2ccccc2OCC(F)(F)F)nc1. The molecule has 1 aromatic carbocycles. The molecule has 0 aliphatic heterocycles. The van der Waals surface area contributed by atoms with Gasteiger partial charge in [-0.3, -0.25) is 4.98 Å². The minimum absolute atomic E-state index is 0.0847. The van der Waals surface area contributed by atoms with Crippen LogP contribution in [0.2, 0.25) is 0 Å². The number of rotatable bonds is 8. The van der Waals surface area contributed by atoms with Gasteiger partial charge in [0.2, 0.25) is 10.0 Å². The second kappa shape index (κ2) is 10.1. The van der Waals surface area contributed by atoms with Gasteiger partial charge in [-0.15, -0.1) is 0 Å². The summed E-state index contributed by atoms with van der Waals surface area (Å²) in [6.07, 6.45) is -0.0403. The topological polar surface area (TPSA) is 77.5 Å². The number of para-hydroxylation sites is 1. The number of benzene rings is 1. The fourth-order valence-corrected chi connectivity index (χ4v) is 4.43. The predicted octanol–water partition coefficient (Wildman–Crippen LogP) is 4.71. The number of aromatic nitrogens is 1. The maximum absolute atomic E-state index is 12.5. The summed E-state index contributed by atoms with van der Waals surface area (Å²) in [5.74, 6) is 0.546. The largest absolute Gasteiger partial charge is 0.487 e. The van der Waals surface area contributed by atoms with Gasteiger partial charge in [-0.05, 0) is 57.4 Å². The van der Waals surface area contributed by atoms with Crippen LogP contribution in [0, 0.1) is 0 Å². The molecule has 1 aromatic heterocycles. The lowest BCUT2D eigenvalue weighted by Gasteiger charge is -2.32.